The number of hydrogen-bond acceptors (Lipinski definition) is 0. The zero-order valence-electron chi connectivity index (χ0n) is 18.0. The SMILES string of the molecule is CC(C)(C)C1=C[CH+]C([B-]23c4ccccc4C(c4ccccc42)c2ccccc23)C=C1. The highest BCUT2D eigenvalue weighted by molar-refractivity contribution is 7.14. The van der Waals surface area contributed by atoms with Crippen molar-refractivity contribution < 1.29 is 0 Å². The van der Waals surface area contributed by atoms with Gasteiger partial charge in [-0.25, -0.2) is 0 Å². The summed E-state index contributed by atoms with van der Waals surface area (Å²) in [7, 11) is 0. The minimum absolute atomic E-state index is 0.167. The van der Waals surface area contributed by atoms with E-state index in [4.69, 9.17) is 0 Å². The van der Waals surface area contributed by atoms with E-state index >= 15 is 0 Å². The summed E-state index contributed by atoms with van der Waals surface area (Å²) in [6, 6.07) is 27.6. The van der Waals surface area contributed by atoms with Gasteiger partial charge in [-0.3, -0.25) is 0 Å². The fourth-order valence-electron chi connectivity index (χ4n) is 6.58. The summed E-state index contributed by atoms with van der Waals surface area (Å²) in [4.78, 5) is 0. The molecule has 4 aliphatic rings. The van der Waals surface area contributed by atoms with Crippen molar-refractivity contribution in [1.82, 2.24) is 0 Å². The van der Waals surface area contributed by atoms with Crippen LogP contribution < -0.4 is 16.4 Å². The molecule has 0 N–H and O–H groups in total. The average Bonchev–Trinajstić information content (AvgIpc) is 2.78. The number of benzene rings is 3. The van der Waals surface area contributed by atoms with Crippen LogP contribution in [0, 0.1) is 11.8 Å². The summed E-state index contributed by atoms with van der Waals surface area (Å²) >= 11 is 0. The Morgan fingerprint density at radius 3 is 1.57 bits per heavy atom. The molecule has 0 saturated heterocycles. The maximum absolute atomic E-state index is 2.48. The fraction of sp³-hybridized carbons (Fsp3) is 0.207. The summed E-state index contributed by atoms with van der Waals surface area (Å²) in [5, 5.41) is 0. The molecule has 3 aromatic rings. The smallest absolute Gasteiger partial charge is 0.113 e. The van der Waals surface area contributed by atoms with Crippen molar-refractivity contribution in [2.75, 3.05) is 0 Å². The van der Waals surface area contributed by atoms with Gasteiger partial charge in [0.2, 0.25) is 0 Å². The summed E-state index contributed by atoms with van der Waals surface area (Å²) < 4.78 is 0. The van der Waals surface area contributed by atoms with Crippen molar-refractivity contribution >= 4 is 22.5 Å². The minimum atomic E-state index is -1.10. The van der Waals surface area contributed by atoms with Crippen LogP contribution >= 0.6 is 0 Å². The van der Waals surface area contributed by atoms with Crippen molar-refractivity contribution in [3.8, 4) is 0 Å². The third-order valence-corrected chi connectivity index (χ3v) is 7.83. The second-order valence-electron chi connectivity index (χ2n) is 10.3. The first kappa shape index (κ1) is 17.9. The van der Waals surface area contributed by atoms with Crippen LogP contribution in [0.3, 0.4) is 0 Å². The van der Waals surface area contributed by atoms with Crippen LogP contribution in [0.2, 0.25) is 5.82 Å². The highest BCUT2D eigenvalue weighted by Crippen LogP contribution is 2.46. The molecule has 0 saturated carbocycles. The van der Waals surface area contributed by atoms with Crippen molar-refractivity contribution in [2.45, 2.75) is 32.5 Å². The second kappa shape index (κ2) is 6.05. The largest absolute Gasteiger partial charge is 0.193 e. The van der Waals surface area contributed by atoms with E-state index in [2.05, 4.69) is 118 Å². The third kappa shape index (κ3) is 2.16. The Morgan fingerprint density at radius 2 is 1.17 bits per heavy atom. The Morgan fingerprint density at radius 1 is 0.700 bits per heavy atom. The molecule has 0 amide bonds. The molecule has 1 atom stereocenters. The Hall–Kier alpha value is -2.93. The molecule has 0 aromatic heterocycles. The molecule has 0 radical (unpaired) electrons. The van der Waals surface area contributed by atoms with Crippen LogP contribution in [0.1, 0.15) is 43.4 Å². The van der Waals surface area contributed by atoms with Gasteiger partial charge < -0.3 is 0 Å². The Balaban J connectivity index is 1.66. The van der Waals surface area contributed by atoms with Gasteiger partial charge in [0.25, 0.3) is 0 Å². The van der Waals surface area contributed by atoms with Crippen molar-refractivity contribution in [3.63, 3.8) is 0 Å². The van der Waals surface area contributed by atoms with E-state index in [1.807, 2.05) is 0 Å². The van der Waals surface area contributed by atoms with E-state index in [1.54, 1.807) is 16.4 Å². The summed E-state index contributed by atoms with van der Waals surface area (Å²) in [5.41, 5.74) is 10.7. The van der Waals surface area contributed by atoms with E-state index in [0.717, 1.165) is 0 Å². The molecule has 7 rings (SSSR count). The van der Waals surface area contributed by atoms with Gasteiger partial charge in [-0.2, -0.15) is 16.4 Å². The van der Waals surface area contributed by atoms with E-state index in [1.165, 1.54) is 22.3 Å². The molecule has 1 unspecified atom stereocenters. The molecule has 3 aliphatic heterocycles. The monoisotopic (exact) mass is 386 g/mol. The lowest BCUT2D eigenvalue weighted by molar-refractivity contribution is 0.515. The summed E-state index contributed by atoms with van der Waals surface area (Å²) in [6.07, 6.45) is 8.64. The topological polar surface area (TPSA) is 0 Å². The van der Waals surface area contributed by atoms with Crippen LogP contribution in [0.15, 0.2) is 96.6 Å². The number of hydrogen-bond donors (Lipinski definition) is 0. The van der Waals surface area contributed by atoms with E-state index in [-0.39, 0.29) is 5.41 Å². The average molecular weight is 386 g/mol. The molecular formula is C29H27B. The van der Waals surface area contributed by atoms with Crippen LogP contribution in [-0.4, -0.2) is 6.15 Å². The van der Waals surface area contributed by atoms with Gasteiger partial charge in [0.1, 0.15) is 6.15 Å². The highest BCUT2D eigenvalue weighted by Gasteiger charge is 2.50. The van der Waals surface area contributed by atoms with E-state index in [9.17, 15) is 0 Å². The zero-order valence-corrected chi connectivity index (χ0v) is 18.0. The summed E-state index contributed by atoms with van der Waals surface area (Å²) in [5.74, 6) is 0.700. The normalized spacial score (nSPS) is 25.6. The predicted octanol–water partition coefficient (Wildman–Crippen LogP) is 5.08. The lowest BCUT2D eigenvalue weighted by Crippen LogP contribution is -2.76. The fourth-order valence-corrected chi connectivity index (χ4v) is 6.58. The standard InChI is InChI=1S/C29H27B/c1-29(2,3)20-16-18-21(19-17-20)30-25-13-7-4-10-22(25)28(23-11-5-8-14-26(23)30)24-12-6-9-15-27(24)30/h4-19,21,28H,1-3H3. The lowest BCUT2D eigenvalue weighted by Gasteiger charge is -2.58. The van der Waals surface area contributed by atoms with E-state index < -0.39 is 6.15 Å². The molecular weight excluding hydrogens is 359 g/mol. The molecule has 0 spiro atoms. The van der Waals surface area contributed by atoms with Gasteiger partial charge in [-0.1, -0.05) is 95.6 Å². The van der Waals surface area contributed by atoms with Gasteiger partial charge in [0.05, 0.1) is 17.1 Å². The molecule has 1 aliphatic carbocycles. The Labute approximate surface area is 180 Å². The molecule has 0 fully saturated rings. The number of rotatable bonds is 1. The van der Waals surface area contributed by atoms with Crippen LogP contribution in [0.4, 0.5) is 0 Å². The maximum Gasteiger partial charge on any atom is 0.113 e. The molecule has 3 heterocycles. The zero-order chi connectivity index (χ0) is 20.5. The van der Waals surface area contributed by atoms with Crippen molar-refractivity contribution in [3.05, 3.63) is 120 Å². The highest BCUT2D eigenvalue weighted by atomic mass is 14.4. The third-order valence-electron chi connectivity index (χ3n) is 7.83. The first-order valence-electron chi connectivity index (χ1n) is 11.2. The molecule has 3 aromatic carbocycles. The van der Waals surface area contributed by atoms with Gasteiger partial charge in [-0.15, -0.1) is 0 Å². The first-order chi connectivity index (χ1) is 14.5. The van der Waals surface area contributed by atoms with Crippen molar-refractivity contribution in [1.29, 1.82) is 0 Å². The Kier molecular flexibility index (Phi) is 3.61. The maximum atomic E-state index is 2.48. The quantitative estimate of drug-likeness (QED) is 0.404. The van der Waals surface area contributed by atoms with E-state index in [0.29, 0.717) is 11.7 Å². The van der Waals surface area contributed by atoms with Gasteiger partial charge in [0.15, 0.2) is 0 Å². The van der Waals surface area contributed by atoms with Crippen molar-refractivity contribution in [2.24, 2.45) is 5.41 Å². The summed E-state index contributed by atoms with van der Waals surface area (Å²) in [6.45, 7) is 6.89. The molecule has 2 bridgehead atoms. The van der Waals surface area contributed by atoms with Crippen LogP contribution in [-0.2, 0) is 0 Å². The first-order valence-corrected chi connectivity index (χ1v) is 11.2. The van der Waals surface area contributed by atoms with Gasteiger partial charge in [0, 0.05) is 18.4 Å². The van der Waals surface area contributed by atoms with Gasteiger partial charge >= 0.3 is 0 Å². The predicted molar refractivity (Wildman–Crippen MR) is 130 cm³/mol. The molecule has 30 heavy (non-hydrogen) atoms. The van der Waals surface area contributed by atoms with Gasteiger partial charge in [-0.05, 0) is 26.6 Å². The number of allylic oxidation sites excluding steroid dienone is 4. The van der Waals surface area contributed by atoms with Crippen LogP contribution in [0.25, 0.3) is 0 Å². The molecule has 0 nitrogen and oxygen atoms in total. The lowest BCUT2D eigenvalue weighted by atomic mass is 9.06. The second-order valence-corrected chi connectivity index (χ2v) is 10.3. The molecule has 1 heteroatoms. The Bertz CT molecular complexity index is 1110. The minimum Gasteiger partial charge on any atom is -0.193 e. The van der Waals surface area contributed by atoms with Crippen LogP contribution in [0.5, 0.6) is 0 Å². The molecule has 146 valence electrons.